The molecule has 0 saturated heterocycles. The molecule has 92 valence electrons. The Bertz CT molecular complexity index is 514. The zero-order chi connectivity index (χ0) is 12.9. The molecular weight excluding hydrogens is 240 g/mol. The smallest absolute Gasteiger partial charge is 0.267 e. The van der Waals surface area contributed by atoms with Crippen molar-refractivity contribution < 1.29 is 9.53 Å². The molecule has 1 aromatic carbocycles. The summed E-state index contributed by atoms with van der Waals surface area (Å²) in [5, 5.41) is 0.582. The molecule has 17 heavy (non-hydrogen) atoms. The normalized spacial score (nSPS) is 19.0. The number of nitrogens with two attached hydrogens (primary N) is 1. The molecule has 0 radical (unpaired) electrons. The molecular formula is C12H15ClN2O2. The molecule has 0 bridgehead atoms. The summed E-state index contributed by atoms with van der Waals surface area (Å²) in [6.45, 7) is 5.41. The van der Waals surface area contributed by atoms with Crippen LogP contribution in [0.5, 0.6) is 5.75 Å². The first-order valence-electron chi connectivity index (χ1n) is 5.38. The molecule has 1 aromatic rings. The summed E-state index contributed by atoms with van der Waals surface area (Å²) in [6, 6.07) is 0. The van der Waals surface area contributed by atoms with Gasteiger partial charge in [-0.1, -0.05) is 11.6 Å². The third kappa shape index (κ3) is 1.55. The first-order valence-corrected chi connectivity index (χ1v) is 5.76. The molecule has 1 amide bonds. The number of amides is 1. The van der Waals surface area contributed by atoms with Crippen LogP contribution in [0.2, 0.25) is 5.02 Å². The predicted octanol–water partition coefficient (Wildman–Crippen LogP) is 2.28. The van der Waals surface area contributed by atoms with E-state index in [-0.39, 0.29) is 5.91 Å². The van der Waals surface area contributed by atoms with E-state index >= 15 is 0 Å². The van der Waals surface area contributed by atoms with E-state index in [1.165, 1.54) is 0 Å². The Morgan fingerprint density at radius 2 is 1.94 bits per heavy atom. The van der Waals surface area contributed by atoms with E-state index in [0.29, 0.717) is 22.1 Å². The Morgan fingerprint density at radius 3 is 2.53 bits per heavy atom. The van der Waals surface area contributed by atoms with Crippen molar-refractivity contribution in [2.24, 2.45) is 0 Å². The number of hydrogen-bond donors (Lipinski definition) is 1. The lowest BCUT2D eigenvalue weighted by Crippen LogP contribution is -2.42. The highest BCUT2D eigenvalue weighted by atomic mass is 35.5. The highest BCUT2D eigenvalue weighted by Gasteiger charge is 2.33. The summed E-state index contributed by atoms with van der Waals surface area (Å²) >= 11 is 6.20. The van der Waals surface area contributed by atoms with Crippen LogP contribution in [0.15, 0.2) is 0 Å². The van der Waals surface area contributed by atoms with Crippen molar-refractivity contribution in [2.45, 2.75) is 26.9 Å². The Hall–Kier alpha value is -1.42. The molecule has 1 unspecified atom stereocenters. The zero-order valence-corrected chi connectivity index (χ0v) is 11.1. The minimum Gasteiger partial charge on any atom is -0.476 e. The van der Waals surface area contributed by atoms with Crippen molar-refractivity contribution in [3.63, 3.8) is 0 Å². The molecule has 1 aliphatic heterocycles. The molecule has 0 fully saturated rings. The second kappa shape index (κ2) is 3.81. The molecule has 1 aliphatic rings. The predicted molar refractivity (Wildman–Crippen MR) is 68.8 cm³/mol. The summed E-state index contributed by atoms with van der Waals surface area (Å²) in [7, 11) is 1.71. The van der Waals surface area contributed by atoms with Gasteiger partial charge >= 0.3 is 0 Å². The zero-order valence-electron chi connectivity index (χ0n) is 10.3. The number of benzene rings is 1. The Balaban J connectivity index is 2.77. The average Bonchev–Trinajstić information content (AvgIpc) is 2.30. The first kappa shape index (κ1) is 12.0. The van der Waals surface area contributed by atoms with Gasteiger partial charge in [0, 0.05) is 7.05 Å². The molecule has 4 nitrogen and oxygen atoms in total. The van der Waals surface area contributed by atoms with Crippen LogP contribution in [0.4, 0.5) is 11.4 Å². The van der Waals surface area contributed by atoms with Gasteiger partial charge in [0.15, 0.2) is 11.9 Å². The molecule has 2 N–H and O–H groups in total. The topological polar surface area (TPSA) is 55.6 Å². The Labute approximate surface area is 105 Å². The van der Waals surface area contributed by atoms with Crippen molar-refractivity contribution in [1.82, 2.24) is 0 Å². The van der Waals surface area contributed by atoms with Gasteiger partial charge in [-0.15, -0.1) is 0 Å². The third-order valence-electron chi connectivity index (χ3n) is 3.19. The van der Waals surface area contributed by atoms with E-state index in [1.807, 2.05) is 13.8 Å². The second-order valence-electron chi connectivity index (χ2n) is 4.31. The van der Waals surface area contributed by atoms with E-state index in [2.05, 4.69) is 0 Å². The number of rotatable bonds is 0. The summed E-state index contributed by atoms with van der Waals surface area (Å²) < 4.78 is 5.59. The number of carbonyl (C=O) groups is 1. The lowest BCUT2D eigenvalue weighted by atomic mass is 10.0. The van der Waals surface area contributed by atoms with Gasteiger partial charge in [-0.05, 0) is 31.9 Å². The van der Waals surface area contributed by atoms with Gasteiger partial charge in [-0.3, -0.25) is 4.79 Å². The van der Waals surface area contributed by atoms with Gasteiger partial charge in [0.1, 0.15) is 0 Å². The molecule has 0 aromatic heterocycles. The number of anilines is 2. The minimum absolute atomic E-state index is 0.0973. The first-order chi connectivity index (χ1) is 7.86. The van der Waals surface area contributed by atoms with Crippen molar-refractivity contribution in [3.05, 3.63) is 16.1 Å². The van der Waals surface area contributed by atoms with Crippen molar-refractivity contribution in [2.75, 3.05) is 17.7 Å². The molecule has 0 spiro atoms. The maximum Gasteiger partial charge on any atom is 0.267 e. The molecule has 0 aliphatic carbocycles. The highest BCUT2D eigenvalue weighted by Crippen LogP contribution is 2.46. The summed E-state index contributed by atoms with van der Waals surface area (Å²) in [6.07, 6.45) is -0.519. The van der Waals surface area contributed by atoms with Crippen LogP contribution in [-0.2, 0) is 4.79 Å². The monoisotopic (exact) mass is 254 g/mol. The second-order valence-corrected chi connectivity index (χ2v) is 4.69. The molecule has 1 atom stereocenters. The quantitative estimate of drug-likeness (QED) is 0.723. The number of ether oxygens (including phenoxy) is 1. The van der Waals surface area contributed by atoms with Gasteiger partial charge in [0.2, 0.25) is 0 Å². The van der Waals surface area contributed by atoms with E-state index in [0.717, 1.165) is 11.1 Å². The maximum absolute atomic E-state index is 11.9. The molecule has 2 rings (SSSR count). The van der Waals surface area contributed by atoms with Crippen LogP contribution in [-0.4, -0.2) is 19.1 Å². The minimum atomic E-state index is -0.519. The van der Waals surface area contributed by atoms with E-state index in [4.69, 9.17) is 22.1 Å². The number of nitrogens with zero attached hydrogens (tertiary/aromatic N) is 1. The van der Waals surface area contributed by atoms with Crippen molar-refractivity contribution in [1.29, 1.82) is 0 Å². The summed E-state index contributed by atoms with van der Waals surface area (Å²) in [5.74, 6) is 0.457. The highest BCUT2D eigenvalue weighted by molar-refractivity contribution is 6.33. The number of fused-ring (bicyclic) bond motifs is 1. The van der Waals surface area contributed by atoms with E-state index in [9.17, 15) is 4.79 Å². The summed E-state index contributed by atoms with van der Waals surface area (Å²) in [5.41, 5.74) is 8.77. The summed E-state index contributed by atoms with van der Waals surface area (Å²) in [4.78, 5) is 13.4. The Morgan fingerprint density at radius 1 is 1.35 bits per heavy atom. The van der Waals surface area contributed by atoms with E-state index < -0.39 is 6.10 Å². The van der Waals surface area contributed by atoms with Gasteiger partial charge in [-0.25, -0.2) is 0 Å². The Kier molecular flexibility index (Phi) is 2.70. The molecule has 1 heterocycles. The van der Waals surface area contributed by atoms with Crippen LogP contribution in [0.1, 0.15) is 18.1 Å². The standard InChI is InChI=1S/C12H15ClN2O2/c1-5-8(13)6(2)10-11(9(5)14)17-7(3)12(16)15(10)4/h7H,14H2,1-4H3. The van der Waals surface area contributed by atoms with Gasteiger partial charge in [-0.2, -0.15) is 0 Å². The molecule has 0 saturated carbocycles. The fourth-order valence-corrected chi connectivity index (χ4v) is 2.30. The number of nitrogen functional groups attached to an aromatic ring is 1. The number of halogens is 1. The lowest BCUT2D eigenvalue weighted by molar-refractivity contribution is -0.125. The number of hydrogen-bond acceptors (Lipinski definition) is 3. The third-order valence-corrected chi connectivity index (χ3v) is 3.75. The SMILES string of the molecule is Cc1c(N)c2c(c(C)c1Cl)N(C)C(=O)C(C)O2. The maximum atomic E-state index is 11.9. The van der Waals surface area contributed by atoms with Crippen LogP contribution < -0.4 is 15.4 Å². The average molecular weight is 255 g/mol. The number of carbonyl (C=O) groups excluding carboxylic acids is 1. The van der Waals surface area contributed by atoms with Gasteiger partial charge in [0.25, 0.3) is 5.91 Å². The lowest BCUT2D eigenvalue weighted by Gasteiger charge is -2.33. The fourth-order valence-electron chi connectivity index (χ4n) is 2.10. The van der Waals surface area contributed by atoms with Crippen LogP contribution in [0.3, 0.4) is 0 Å². The molecule has 5 heteroatoms. The van der Waals surface area contributed by atoms with Gasteiger partial charge < -0.3 is 15.4 Å². The largest absolute Gasteiger partial charge is 0.476 e. The van der Waals surface area contributed by atoms with Crippen molar-refractivity contribution >= 4 is 28.9 Å². The van der Waals surface area contributed by atoms with Crippen LogP contribution in [0.25, 0.3) is 0 Å². The van der Waals surface area contributed by atoms with Crippen LogP contribution in [0, 0.1) is 13.8 Å². The number of likely N-dealkylation sites (N-methyl/N-ethyl adjacent to an activating group) is 1. The van der Waals surface area contributed by atoms with Crippen molar-refractivity contribution in [3.8, 4) is 5.75 Å². The fraction of sp³-hybridized carbons (Fsp3) is 0.417. The van der Waals surface area contributed by atoms with E-state index in [1.54, 1.807) is 18.9 Å². The van der Waals surface area contributed by atoms with Gasteiger partial charge in [0.05, 0.1) is 16.4 Å². The van der Waals surface area contributed by atoms with Crippen LogP contribution >= 0.6 is 11.6 Å².